The van der Waals surface area contributed by atoms with Crippen molar-refractivity contribution in [2.45, 2.75) is 19.5 Å². The van der Waals surface area contributed by atoms with Crippen LogP contribution < -0.4 is 9.47 Å². The Morgan fingerprint density at radius 1 is 1.20 bits per heavy atom. The molecule has 25 heavy (non-hydrogen) atoms. The quantitative estimate of drug-likeness (QED) is 0.843. The minimum absolute atomic E-state index is 0.131. The number of rotatable bonds is 4. The highest BCUT2D eigenvalue weighted by molar-refractivity contribution is 5.80. The Hall–Kier alpha value is -2.54. The molecule has 1 fully saturated rings. The number of fused-ring (bicyclic) bond motifs is 1. The van der Waals surface area contributed by atoms with Gasteiger partial charge in [-0.2, -0.15) is 5.10 Å². The number of carbonyl (C=O) groups excluding carboxylic acids is 1. The summed E-state index contributed by atoms with van der Waals surface area (Å²) in [5.41, 5.74) is 1.20. The molecule has 2 aromatic rings. The zero-order chi connectivity index (χ0) is 17.2. The van der Waals surface area contributed by atoms with Gasteiger partial charge in [0.2, 0.25) is 12.7 Å². The van der Waals surface area contributed by atoms with Gasteiger partial charge in [0.25, 0.3) is 0 Å². The molecule has 1 aromatic carbocycles. The summed E-state index contributed by atoms with van der Waals surface area (Å²) in [7, 11) is 0. The molecule has 2 aliphatic heterocycles. The van der Waals surface area contributed by atoms with Gasteiger partial charge < -0.3 is 14.4 Å². The zero-order valence-electron chi connectivity index (χ0n) is 14.3. The standard InChI is InChI=1S/C18H22N4O3/c1-14(22-6-2-5-19-22)18(23)21-9-7-20(8-10-21)12-15-3-4-16-17(11-15)25-13-24-16/h2-6,11,14H,7-10,12-13H2,1H3. The number of hydrogen-bond donors (Lipinski definition) is 0. The average Bonchev–Trinajstić information content (AvgIpc) is 3.32. The first kappa shape index (κ1) is 16.0. The van der Waals surface area contributed by atoms with Gasteiger partial charge in [0.15, 0.2) is 11.5 Å². The van der Waals surface area contributed by atoms with Gasteiger partial charge in [-0.15, -0.1) is 0 Å². The van der Waals surface area contributed by atoms with Crippen LogP contribution in [0.2, 0.25) is 0 Å². The number of nitrogens with zero attached hydrogens (tertiary/aromatic N) is 4. The largest absolute Gasteiger partial charge is 0.454 e. The Morgan fingerprint density at radius 2 is 2.00 bits per heavy atom. The predicted octanol–water partition coefficient (Wildman–Crippen LogP) is 1.52. The number of amides is 1. The second-order valence-electron chi connectivity index (χ2n) is 6.45. The van der Waals surface area contributed by atoms with Crippen LogP contribution in [0.25, 0.3) is 0 Å². The summed E-state index contributed by atoms with van der Waals surface area (Å²) < 4.78 is 12.5. The molecule has 0 aliphatic carbocycles. The summed E-state index contributed by atoms with van der Waals surface area (Å²) in [5.74, 6) is 1.76. The lowest BCUT2D eigenvalue weighted by molar-refractivity contribution is -0.136. The molecule has 4 rings (SSSR count). The molecule has 1 saturated heterocycles. The summed E-state index contributed by atoms with van der Waals surface area (Å²) in [5, 5.41) is 4.17. The van der Waals surface area contributed by atoms with E-state index in [0.29, 0.717) is 6.79 Å². The van der Waals surface area contributed by atoms with E-state index in [9.17, 15) is 4.79 Å². The molecule has 0 spiro atoms. The van der Waals surface area contributed by atoms with Crippen LogP contribution in [0.5, 0.6) is 11.5 Å². The minimum Gasteiger partial charge on any atom is -0.454 e. The van der Waals surface area contributed by atoms with Crippen LogP contribution in [0.15, 0.2) is 36.7 Å². The molecule has 1 atom stereocenters. The van der Waals surface area contributed by atoms with Crippen LogP contribution in [-0.4, -0.2) is 58.5 Å². The monoisotopic (exact) mass is 342 g/mol. The molecule has 7 nitrogen and oxygen atoms in total. The lowest BCUT2D eigenvalue weighted by atomic mass is 10.1. The third-order valence-corrected chi connectivity index (χ3v) is 4.81. The van der Waals surface area contributed by atoms with E-state index in [4.69, 9.17) is 9.47 Å². The molecule has 1 aromatic heterocycles. The third-order valence-electron chi connectivity index (χ3n) is 4.81. The Morgan fingerprint density at radius 3 is 2.76 bits per heavy atom. The molecular formula is C18H22N4O3. The fraction of sp³-hybridized carbons (Fsp3) is 0.444. The van der Waals surface area contributed by atoms with E-state index in [1.165, 1.54) is 5.56 Å². The first-order chi connectivity index (χ1) is 12.2. The lowest BCUT2D eigenvalue weighted by Gasteiger charge is -2.36. The molecule has 3 heterocycles. The normalized spacial score (nSPS) is 18.4. The van der Waals surface area contributed by atoms with E-state index in [-0.39, 0.29) is 11.9 Å². The van der Waals surface area contributed by atoms with Crippen molar-refractivity contribution in [1.82, 2.24) is 19.6 Å². The second kappa shape index (κ2) is 6.76. The Bertz CT molecular complexity index is 739. The highest BCUT2D eigenvalue weighted by Gasteiger charge is 2.26. The molecule has 0 saturated carbocycles. The van der Waals surface area contributed by atoms with Crippen molar-refractivity contribution < 1.29 is 14.3 Å². The van der Waals surface area contributed by atoms with E-state index in [2.05, 4.69) is 16.1 Å². The van der Waals surface area contributed by atoms with Gasteiger partial charge in [0.1, 0.15) is 6.04 Å². The summed E-state index contributed by atoms with van der Waals surface area (Å²) in [4.78, 5) is 16.9. The van der Waals surface area contributed by atoms with Gasteiger partial charge in [-0.05, 0) is 30.7 Å². The van der Waals surface area contributed by atoms with Crippen LogP contribution >= 0.6 is 0 Å². The molecule has 0 bridgehead atoms. The van der Waals surface area contributed by atoms with E-state index in [1.807, 2.05) is 36.2 Å². The second-order valence-corrected chi connectivity index (χ2v) is 6.45. The van der Waals surface area contributed by atoms with Crippen molar-refractivity contribution >= 4 is 5.91 Å². The molecule has 0 radical (unpaired) electrons. The number of carbonyl (C=O) groups is 1. The molecule has 0 N–H and O–H groups in total. The van der Waals surface area contributed by atoms with Crippen molar-refractivity contribution in [3.05, 3.63) is 42.2 Å². The number of aromatic nitrogens is 2. The molecule has 2 aliphatic rings. The summed E-state index contributed by atoms with van der Waals surface area (Å²) in [6, 6.07) is 7.66. The maximum atomic E-state index is 12.6. The lowest BCUT2D eigenvalue weighted by Crippen LogP contribution is -2.49. The summed E-state index contributed by atoms with van der Waals surface area (Å²) in [6.45, 7) is 6.28. The van der Waals surface area contributed by atoms with Crippen LogP contribution in [0, 0.1) is 0 Å². The molecule has 1 amide bonds. The summed E-state index contributed by atoms with van der Waals surface area (Å²) >= 11 is 0. The van der Waals surface area contributed by atoms with Gasteiger partial charge in [-0.25, -0.2) is 0 Å². The van der Waals surface area contributed by atoms with Gasteiger partial charge in [0, 0.05) is 45.1 Å². The molecule has 7 heteroatoms. The number of benzene rings is 1. The van der Waals surface area contributed by atoms with Crippen molar-refractivity contribution in [2.75, 3.05) is 33.0 Å². The average molecular weight is 342 g/mol. The number of ether oxygens (including phenoxy) is 2. The van der Waals surface area contributed by atoms with E-state index >= 15 is 0 Å². The van der Waals surface area contributed by atoms with Gasteiger partial charge >= 0.3 is 0 Å². The SMILES string of the molecule is CC(C(=O)N1CCN(Cc2ccc3c(c2)OCO3)CC1)n1cccn1. The smallest absolute Gasteiger partial charge is 0.247 e. The maximum Gasteiger partial charge on any atom is 0.247 e. The fourth-order valence-corrected chi connectivity index (χ4v) is 3.31. The zero-order valence-corrected chi connectivity index (χ0v) is 14.3. The van der Waals surface area contributed by atoms with E-state index < -0.39 is 0 Å². The fourth-order valence-electron chi connectivity index (χ4n) is 3.31. The van der Waals surface area contributed by atoms with Crippen LogP contribution in [0.4, 0.5) is 0 Å². The van der Waals surface area contributed by atoms with Crippen molar-refractivity contribution in [3.63, 3.8) is 0 Å². The third kappa shape index (κ3) is 3.32. The minimum atomic E-state index is -0.254. The topological polar surface area (TPSA) is 59.8 Å². The van der Waals surface area contributed by atoms with E-state index in [1.54, 1.807) is 10.9 Å². The van der Waals surface area contributed by atoms with Crippen molar-refractivity contribution in [3.8, 4) is 11.5 Å². The van der Waals surface area contributed by atoms with E-state index in [0.717, 1.165) is 44.2 Å². The molecule has 1 unspecified atom stereocenters. The van der Waals surface area contributed by atoms with Gasteiger partial charge in [0.05, 0.1) is 0 Å². The van der Waals surface area contributed by atoms with Crippen molar-refractivity contribution in [1.29, 1.82) is 0 Å². The number of piperazine rings is 1. The van der Waals surface area contributed by atoms with Crippen LogP contribution in [-0.2, 0) is 11.3 Å². The molecule has 132 valence electrons. The Labute approximate surface area is 146 Å². The first-order valence-electron chi connectivity index (χ1n) is 8.59. The predicted molar refractivity (Wildman–Crippen MR) is 91.4 cm³/mol. The summed E-state index contributed by atoms with van der Waals surface area (Å²) in [6.07, 6.45) is 3.53. The Balaban J connectivity index is 1.31. The van der Waals surface area contributed by atoms with Crippen LogP contribution in [0.3, 0.4) is 0 Å². The van der Waals surface area contributed by atoms with Crippen molar-refractivity contribution in [2.24, 2.45) is 0 Å². The van der Waals surface area contributed by atoms with Crippen LogP contribution in [0.1, 0.15) is 18.5 Å². The first-order valence-corrected chi connectivity index (χ1v) is 8.59. The van der Waals surface area contributed by atoms with Gasteiger partial charge in [-0.3, -0.25) is 14.4 Å². The maximum absolute atomic E-state index is 12.6. The highest BCUT2D eigenvalue weighted by Crippen LogP contribution is 2.32. The molecular weight excluding hydrogens is 320 g/mol. The Kier molecular flexibility index (Phi) is 4.31. The van der Waals surface area contributed by atoms with Gasteiger partial charge in [-0.1, -0.05) is 6.07 Å². The highest BCUT2D eigenvalue weighted by atomic mass is 16.7. The number of hydrogen-bond acceptors (Lipinski definition) is 5.